The van der Waals surface area contributed by atoms with E-state index in [2.05, 4.69) is 0 Å². The molecule has 0 aromatic heterocycles. The molecule has 0 radical (unpaired) electrons. The fourth-order valence-electron chi connectivity index (χ4n) is 3.04. The molecule has 0 saturated carbocycles. The van der Waals surface area contributed by atoms with Crippen molar-refractivity contribution in [3.8, 4) is 5.75 Å². The van der Waals surface area contributed by atoms with Gasteiger partial charge < -0.3 is 14.5 Å². The number of rotatable bonds is 4. The van der Waals surface area contributed by atoms with Gasteiger partial charge in [-0.05, 0) is 24.3 Å². The molecule has 1 heterocycles. The molecule has 136 valence electrons. The summed E-state index contributed by atoms with van der Waals surface area (Å²) < 4.78 is 5.16. The smallest absolute Gasteiger partial charge is 0.294 e. The van der Waals surface area contributed by atoms with Gasteiger partial charge in [-0.15, -0.1) is 0 Å². The van der Waals surface area contributed by atoms with Crippen molar-refractivity contribution in [2.45, 2.75) is 0 Å². The van der Waals surface area contributed by atoms with E-state index in [4.69, 9.17) is 16.3 Å². The van der Waals surface area contributed by atoms with Crippen LogP contribution in [0.1, 0.15) is 10.4 Å². The number of methoxy groups -OCH3 is 1. The van der Waals surface area contributed by atoms with Crippen molar-refractivity contribution in [1.29, 1.82) is 0 Å². The van der Waals surface area contributed by atoms with Crippen LogP contribution in [0.5, 0.6) is 5.75 Å². The summed E-state index contributed by atoms with van der Waals surface area (Å²) in [6.45, 7) is 1.86. The van der Waals surface area contributed by atoms with Gasteiger partial charge in [0.25, 0.3) is 11.6 Å². The van der Waals surface area contributed by atoms with E-state index in [-0.39, 0.29) is 11.6 Å². The molecule has 26 heavy (non-hydrogen) atoms. The number of para-hydroxylation sites is 1. The lowest BCUT2D eigenvalue weighted by atomic mass is 10.1. The quantitative estimate of drug-likeness (QED) is 0.605. The second kappa shape index (κ2) is 7.61. The maximum atomic E-state index is 12.7. The van der Waals surface area contributed by atoms with Crippen molar-refractivity contribution < 1.29 is 14.5 Å². The van der Waals surface area contributed by atoms with E-state index in [0.29, 0.717) is 48.2 Å². The number of amides is 1. The highest BCUT2D eigenvalue weighted by Crippen LogP contribution is 2.35. The number of halogens is 1. The molecule has 1 aliphatic heterocycles. The number of anilines is 1. The highest BCUT2D eigenvalue weighted by Gasteiger charge is 2.28. The molecule has 1 saturated heterocycles. The molecule has 0 spiro atoms. The van der Waals surface area contributed by atoms with Gasteiger partial charge in [0.2, 0.25) is 0 Å². The van der Waals surface area contributed by atoms with Crippen LogP contribution in [0.3, 0.4) is 0 Å². The van der Waals surface area contributed by atoms with Crippen molar-refractivity contribution in [2.75, 3.05) is 38.2 Å². The highest BCUT2D eigenvalue weighted by atomic mass is 35.5. The zero-order chi connectivity index (χ0) is 18.7. The second-order valence-corrected chi connectivity index (χ2v) is 6.28. The third kappa shape index (κ3) is 3.57. The minimum Gasteiger partial charge on any atom is -0.497 e. The summed E-state index contributed by atoms with van der Waals surface area (Å²) >= 11 is 6.19. The number of nitro benzene ring substituents is 1. The summed E-state index contributed by atoms with van der Waals surface area (Å²) in [6, 6.07) is 11.6. The minimum atomic E-state index is -0.436. The Kier molecular flexibility index (Phi) is 5.27. The van der Waals surface area contributed by atoms with E-state index in [1.807, 2.05) is 4.90 Å². The van der Waals surface area contributed by atoms with Gasteiger partial charge in [0, 0.05) is 37.8 Å². The first-order chi connectivity index (χ1) is 12.5. The minimum absolute atomic E-state index is 0.0231. The molecular weight excluding hydrogens is 358 g/mol. The molecule has 0 bridgehead atoms. The van der Waals surface area contributed by atoms with Crippen LogP contribution in [-0.4, -0.2) is 49.0 Å². The monoisotopic (exact) mass is 375 g/mol. The Bertz CT molecular complexity index is 835. The van der Waals surface area contributed by atoms with E-state index in [9.17, 15) is 14.9 Å². The van der Waals surface area contributed by atoms with Gasteiger partial charge in [-0.1, -0.05) is 23.7 Å². The molecule has 0 aliphatic carbocycles. The van der Waals surface area contributed by atoms with Crippen LogP contribution in [0.15, 0.2) is 42.5 Å². The molecule has 0 N–H and O–H groups in total. The number of carbonyl (C=O) groups excluding carboxylic acids is 1. The summed E-state index contributed by atoms with van der Waals surface area (Å²) in [4.78, 5) is 27.1. The van der Waals surface area contributed by atoms with E-state index in [0.717, 1.165) is 0 Å². The molecule has 3 rings (SSSR count). The van der Waals surface area contributed by atoms with Crippen molar-refractivity contribution in [3.05, 3.63) is 63.2 Å². The van der Waals surface area contributed by atoms with E-state index >= 15 is 0 Å². The predicted octanol–water partition coefficient (Wildman–Crippen LogP) is 3.22. The third-order valence-corrected chi connectivity index (χ3v) is 4.67. The summed E-state index contributed by atoms with van der Waals surface area (Å²) in [5.74, 6) is 0.540. The Morgan fingerprint density at radius 1 is 1.15 bits per heavy atom. The van der Waals surface area contributed by atoms with Gasteiger partial charge in [-0.2, -0.15) is 0 Å². The van der Waals surface area contributed by atoms with Crippen LogP contribution >= 0.6 is 11.6 Å². The largest absolute Gasteiger partial charge is 0.497 e. The fourth-order valence-corrected chi connectivity index (χ4v) is 3.33. The Morgan fingerprint density at radius 2 is 1.85 bits per heavy atom. The molecular formula is C18H18ClN3O4. The van der Waals surface area contributed by atoms with Crippen molar-refractivity contribution >= 4 is 28.9 Å². The Morgan fingerprint density at radius 3 is 2.50 bits per heavy atom. The SMILES string of the molecule is COc1cccc(C(=O)N2CCN(c3c(Cl)cccc3[N+](=O)[O-])CC2)c1. The van der Waals surface area contributed by atoms with Crippen molar-refractivity contribution in [1.82, 2.24) is 4.90 Å². The van der Waals surface area contributed by atoms with Crippen LogP contribution in [0.4, 0.5) is 11.4 Å². The Balaban J connectivity index is 1.74. The second-order valence-electron chi connectivity index (χ2n) is 5.88. The Labute approximate surface area is 155 Å². The molecule has 1 fully saturated rings. The van der Waals surface area contributed by atoms with E-state index < -0.39 is 4.92 Å². The summed E-state index contributed by atoms with van der Waals surface area (Å²) in [7, 11) is 1.55. The van der Waals surface area contributed by atoms with Crippen LogP contribution < -0.4 is 9.64 Å². The number of hydrogen-bond donors (Lipinski definition) is 0. The number of piperazine rings is 1. The lowest BCUT2D eigenvalue weighted by molar-refractivity contribution is -0.384. The summed E-state index contributed by atoms with van der Waals surface area (Å²) in [6.07, 6.45) is 0. The summed E-state index contributed by atoms with van der Waals surface area (Å²) in [5.41, 5.74) is 0.944. The average Bonchev–Trinajstić information content (AvgIpc) is 2.67. The Hall–Kier alpha value is -2.80. The van der Waals surface area contributed by atoms with Gasteiger partial charge in [0.15, 0.2) is 0 Å². The fraction of sp³-hybridized carbons (Fsp3) is 0.278. The molecule has 1 amide bonds. The van der Waals surface area contributed by atoms with Crippen molar-refractivity contribution in [2.24, 2.45) is 0 Å². The van der Waals surface area contributed by atoms with Crippen LogP contribution in [0.2, 0.25) is 5.02 Å². The number of nitro groups is 1. The van der Waals surface area contributed by atoms with Crippen LogP contribution in [0, 0.1) is 10.1 Å². The normalized spacial score (nSPS) is 14.2. The molecule has 8 heteroatoms. The molecule has 2 aromatic rings. The molecule has 1 aliphatic rings. The molecule has 0 atom stereocenters. The van der Waals surface area contributed by atoms with Crippen molar-refractivity contribution in [3.63, 3.8) is 0 Å². The van der Waals surface area contributed by atoms with E-state index in [1.165, 1.54) is 6.07 Å². The maximum absolute atomic E-state index is 12.7. The first kappa shape index (κ1) is 18.0. The number of nitrogens with zero attached hydrogens (tertiary/aromatic N) is 3. The molecule has 2 aromatic carbocycles. The number of ether oxygens (including phenoxy) is 1. The average molecular weight is 376 g/mol. The maximum Gasteiger partial charge on any atom is 0.294 e. The number of carbonyl (C=O) groups is 1. The first-order valence-corrected chi connectivity index (χ1v) is 8.50. The zero-order valence-corrected chi connectivity index (χ0v) is 15.0. The van der Waals surface area contributed by atoms with Crippen LogP contribution in [-0.2, 0) is 0 Å². The third-order valence-electron chi connectivity index (χ3n) is 4.36. The van der Waals surface area contributed by atoms with E-state index in [1.54, 1.807) is 48.4 Å². The zero-order valence-electron chi connectivity index (χ0n) is 14.2. The van der Waals surface area contributed by atoms with Gasteiger partial charge in [-0.25, -0.2) is 0 Å². The van der Waals surface area contributed by atoms with Crippen LogP contribution in [0.25, 0.3) is 0 Å². The van der Waals surface area contributed by atoms with Gasteiger partial charge in [-0.3, -0.25) is 14.9 Å². The molecule has 0 unspecified atom stereocenters. The van der Waals surface area contributed by atoms with Gasteiger partial charge in [0.1, 0.15) is 11.4 Å². The number of hydrogen-bond acceptors (Lipinski definition) is 5. The standard InChI is InChI=1S/C18H18ClN3O4/c1-26-14-5-2-4-13(12-14)18(23)21-10-8-20(9-11-21)17-15(19)6-3-7-16(17)22(24)25/h2-7,12H,8-11H2,1H3. The molecule has 7 nitrogen and oxygen atoms in total. The lowest BCUT2D eigenvalue weighted by Crippen LogP contribution is -2.49. The lowest BCUT2D eigenvalue weighted by Gasteiger charge is -2.36. The van der Waals surface area contributed by atoms with Gasteiger partial charge in [0.05, 0.1) is 17.1 Å². The highest BCUT2D eigenvalue weighted by molar-refractivity contribution is 6.33. The summed E-state index contributed by atoms with van der Waals surface area (Å²) in [5, 5.41) is 11.6. The first-order valence-electron chi connectivity index (χ1n) is 8.12. The number of benzene rings is 2. The van der Waals surface area contributed by atoms with Gasteiger partial charge >= 0.3 is 0 Å². The predicted molar refractivity (Wildman–Crippen MR) is 99.2 cm³/mol. The topological polar surface area (TPSA) is 75.9 Å².